The molecule has 0 amide bonds. The second-order valence-corrected chi connectivity index (χ2v) is 3.97. The molecule has 0 saturated heterocycles. The van der Waals surface area contributed by atoms with E-state index in [0.717, 1.165) is 0 Å². The smallest absolute Gasteiger partial charge is 0.270 e. The number of nitro benzene ring substituents is 1. The molecule has 1 rings (SSSR count). The number of halogens is 1. The van der Waals surface area contributed by atoms with Crippen LogP contribution in [0.2, 0.25) is 5.02 Å². The van der Waals surface area contributed by atoms with Crippen LogP contribution in [0.25, 0.3) is 0 Å². The first kappa shape index (κ1) is 13.2. The number of carbonyl (C=O) groups is 1. The Morgan fingerprint density at radius 3 is 2.65 bits per heavy atom. The van der Waals surface area contributed by atoms with Gasteiger partial charge in [0.2, 0.25) is 0 Å². The summed E-state index contributed by atoms with van der Waals surface area (Å²) in [7, 11) is 3.53. The van der Waals surface area contributed by atoms with Crippen LogP contribution in [-0.2, 0) is 0 Å². The van der Waals surface area contributed by atoms with Crippen LogP contribution in [0.4, 0.5) is 5.69 Å². The van der Waals surface area contributed by atoms with Gasteiger partial charge >= 0.3 is 0 Å². The molecule has 0 heterocycles. The summed E-state index contributed by atoms with van der Waals surface area (Å²) in [5.41, 5.74) is -0.0324. The van der Waals surface area contributed by atoms with Crippen molar-refractivity contribution in [2.75, 3.05) is 14.1 Å². The molecule has 0 aromatic heterocycles. The number of rotatable bonds is 4. The van der Waals surface area contributed by atoms with Crippen LogP contribution in [0.15, 0.2) is 30.5 Å². The van der Waals surface area contributed by atoms with Gasteiger partial charge in [-0.15, -0.1) is 0 Å². The van der Waals surface area contributed by atoms with Crippen molar-refractivity contribution < 1.29 is 9.72 Å². The standard InChI is InChI=1S/C11H11ClN2O3/c1-13(2)6-5-11(15)9-7-8(14(16)17)3-4-10(9)12/h3-7H,1-2H3/b6-5+. The summed E-state index contributed by atoms with van der Waals surface area (Å²) in [6.45, 7) is 0. The van der Waals surface area contributed by atoms with Gasteiger partial charge in [0.15, 0.2) is 5.78 Å². The van der Waals surface area contributed by atoms with Gasteiger partial charge < -0.3 is 4.90 Å². The average molecular weight is 255 g/mol. The summed E-state index contributed by atoms with van der Waals surface area (Å²) in [5, 5.41) is 10.8. The molecule has 0 unspecified atom stereocenters. The molecule has 90 valence electrons. The minimum absolute atomic E-state index is 0.124. The third-order valence-corrected chi connectivity index (χ3v) is 2.28. The van der Waals surface area contributed by atoms with Gasteiger partial charge in [-0.1, -0.05) is 11.6 Å². The number of hydrogen-bond donors (Lipinski definition) is 0. The SMILES string of the molecule is CN(C)/C=C/C(=O)c1cc([N+](=O)[O-])ccc1Cl. The van der Waals surface area contributed by atoms with Crippen LogP contribution in [0.5, 0.6) is 0 Å². The summed E-state index contributed by atoms with van der Waals surface area (Å²) < 4.78 is 0. The van der Waals surface area contributed by atoms with Gasteiger partial charge in [0.1, 0.15) is 0 Å². The van der Waals surface area contributed by atoms with E-state index >= 15 is 0 Å². The third-order valence-electron chi connectivity index (χ3n) is 1.95. The van der Waals surface area contributed by atoms with Crippen molar-refractivity contribution in [1.82, 2.24) is 4.90 Å². The Morgan fingerprint density at radius 1 is 1.47 bits per heavy atom. The van der Waals surface area contributed by atoms with Gasteiger partial charge in [-0.3, -0.25) is 14.9 Å². The number of carbonyl (C=O) groups excluding carboxylic acids is 1. The summed E-state index contributed by atoms with van der Waals surface area (Å²) in [6.07, 6.45) is 2.86. The maximum absolute atomic E-state index is 11.7. The number of nitrogens with zero attached hydrogens (tertiary/aromatic N) is 2. The molecule has 1 aromatic carbocycles. The fraction of sp³-hybridized carbons (Fsp3) is 0.182. The second-order valence-electron chi connectivity index (χ2n) is 3.56. The molecule has 0 aliphatic carbocycles. The highest BCUT2D eigenvalue weighted by molar-refractivity contribution is 6.34. The van der Waals surface area contributed by atoms with E-state index in [1.54, 1.807) is 25.2 Å². The van der Waals surface area contributed by atoms with Crippen molar-refractivity contribution in [3.63, 3.8) is 0 Å². The van der Waals surface area contributed by atoms with E-state index in [-0.39, 0.29) is 22.1 Å². The molecule has 17 heavy (non-hydrogen) atoms. The number of hydrogen-bond acceptors (Lipinski definition) is 4. The van der Waals surface area contributed by atoms with E-state index in [4.69, 9.17) is 11.6 Å². The number of benzene rings is 1. The predicted molar refractivity (Wildman–Crippen MR) is 65.3 cm³/mol. The number of allylic oxidation sites excluding steroid dienone is 1. The molecule has 5 nitrogen and oxygen atoms in total. The van der Waals surface area contributed by atoms with Crippen LogP contribution in [0, 0.1) is 10.1 Å². The molecule has 6 heteroatoms. The topological polar surface area (TPSA) is 63.5 Å². The van der Waals surface area contributed by atoms with E-state index in [1.165, 1.54) is 24.3 Å². The normalized spacial score (nSPS) is 10.5. The van der Waals surface area contributed by atoms with E-state index < -0.39 is 4.92 Å². The van der Waals surface area contributed by atoms with Crippen molar-refractivity contribution in [2.45, 2.75) is 0 Å². The second kappa shape index (κ2) is 5.45. The van der Waals surface area contributed by atoms with Crippen LogP contribution >= 0.6 is 11.6 Å². The number of ketones is 1. The Bertz CT molecular complexity index is 484. The molecule has 0 radical (unpaired) electrons. The highest BCUT2D eigenvalue weighted by Gasteiger charge is 2.13. The molecule has 0 bridgehead atoms. The van der Waals surface area contributed by atoms with Gasteiger partial charge in [0, 0.05) is 44.1 Å². The van der Waals surface area contributed by atoms with Crippen molar-refractivity contribution in [2.24, 2.45) is 0 Å². The lowest BCUT2D eigenvalue weighted by Gasteiger charge is -2.03. The van der Waals surface area contributed by atoms with Crippen LogP contribution in [0.3, 0.4) is 0 Å². The maximum Gasteiger partial charge on any atom is 0.270 e. The summed E-state index contributed by atoms with van der Waals surface area (Å²) in [5.74, 6) is -0.368. The lowest BCUT2D eigenvalue weighted by molar-refractivity contribution is -0.384. The first-order valence-electron chi connectivity index (χ1n) is 4.74. The Kier molecular flexibility index (Phi) is 4.23. The Balaban J connectivity index is 3.08. The van der Waals surface area contributed by atoms with Gasteiger partial charge in [0.25, 0.3) is 5.69 Å². The number of non-ortho nitro benzene ring substituents is 1. The fourth-order valence-corrected chi connectivity index (χ4v) is 1.33. The summed E-state index contributed by atoms with van der Waals surface area (Å²) >= 11 is 5.82. The quantitative estimate of drug-likeness (QED) is 0.358. The van der Waals surface area contributed by atoms with E-state index in [0.29, 0.717) is 0 Å². The molecule has 0 saturated carbocycles. The molecular formula is C11H11ClN2O3. The highest BCUT2D eigenvalue weighted by Crippen LogP contribution is 2.22. The zero-order valence-corrected chi connectivity index (χ0v) is 10.1. The van der Waals surface area contributed by atoms with Crippen molar-refractivity contribution in [3.05, 3.63) is 51.2 Å². The molecule has 0 atom stereocenters. The molecule has 0 aliphatic rings. The Morgan fingerprint density at radius 2 is 2.12 bits per heavy atom. The highest BCUT2D eigenvalue weighted by atomic mass is 35.5. The van der Waals surface area contributed by atoms with Crippen molar-refractivity contribution in [1.29, 1.82) is 0 Å². The molecule has 0 N–H and O–H groups in total. The largest absolute Gasteiger partial charge is 0.383 e. The predicted octanol–water partition coefficient (Wildman–Crippen LogP) is 2.51. The van der Waals surface area contributed by atoms with Crippen LogP contribution in [0.1, 0.15) is 10.4 Å². The molecule has 1 aromatic rings. The first-order chi connectivity index (χ1) is 7.91. The minimum atomic E-state index is -0.567. The number of nitro groups is 1. The fourth-order valence-electron chi connectivity index (χ4n) is 1.12. The third kappa shape index (κ3) is 3.57. The van der Waals surface area contributed by atoms with Crippen molar-refractivity contribution in [3.8, 4) is 0 Å². The summed E-state index contributed by atoms with van der Waals surface area (Å²) in [6, 6.07) is 3.77. The van der Waals surface area contributed by atoms with Gasteiger partial charge in [-0.05, 0) is 6.07 Å². The van der Waals surface area contributed by atoms with Gasteiger partial charge in [-0.2, -0.15) is 0 Å². The van der Waals surface area contributed by atoms with E-state index in [9.17, 15) is 14.9 Å². The van der Waals surface area contributed by atoms with Gasteiger partial charge in [-0.25, -0.2) is 0 Å². The zero-order chi connectivity index (χ0) is 13.0. The first-order valence-corrected chi connectivity index (χ1v) is 5.12. The lowest BCUT2D eigenvalue weighted by Crippen LogP contribution is -2.04. The maximum atomic E-state index is 11.7. The molecular weight excluding hydrogens is 244 g/mol. The van der Waals surface area contributed by atoms with Crippen LogP contribution < -0.4 is 0 Å². The average Bonchev–Trinajstić information content (AvgIpc) is 2.26. The minimum Gasteiger partial charge on any atom is -0.383 e. The summed E-state index contributed by atoms with van der Waals surface area (Å²) in [4.78, 5) is 23.4. The van der Waals surface area contributed by atoms with Crippen LogP contribution in [-0.4, -0.2) is 29.7 Å². The lowest BCUT2D eigenvalue weighted by atomic mass is 10.1. The van der Waals surface area contributed by atoms with Crippen molar-refractivity contribution >= 4 is 23.1 Å². The molecule has 0 fully saturated rings. The molecule has 0 spiro atoms. The van der Waals surface area contributed by atoms with Gasteiger partial charge in [0.05, 0.1) is 9.95 Å². The molecule has 0 aliphatic heterocycles. The zero-order valence-electron chi connectivity index (χ0n) is 9.38. The Hall–Kier alpha value is -1.88. The van der Waals surface area contributed by atoms with E-state index in [1.807, 2.05) is 0 Å². The monoisotopic (exact) mass is 254 g/mol. The Labute approximate surface area is 103 Å². The van der Waals surface area contributed by atoms with E-state index in [2.05, 4.69) is 0 Å².